The van der Waals surface area contributed by atoms with Crippen molar-refractivity contribution in [2.45, 2.75) is 31.5 Å². The molecule has 0 bridgehead atoms. The van der Waals surface area contributed by atoms with Crippen molar-refractivity contribution in [3.8, 4) is 0 Å². The van der Waals surface area contributed by atoms with E-state index >= 15 is 0 Å². The third-order valence-electron chi connectivity index (χ3n) is 3.79. The molecule has 0 spiro atoms. The van der Waals surface area contributed by atoms with Gasteiger partial charge in [-0.15, -0.1) is 11.3 Å². The number of nitrogens with two attached hydrogens (primary N) is 1. The standard InChI is InChI=1S/C14H19BrN4S/c1-18(7-10-4-14(15)20-8-10)12(5-16)13-6-17-9-19(13)11-2-3-11/h4,6,8-9,11-12H,2-3,5,7,16H2,1H3. The lowest BCUT2D eigenvalue weighted by Crippen LogP contribution is -2.31. The fourth-order valence-electron chi connectivity index (χ4n) is 2.58. The molecule has 0 saturated heterocycles. The molecule has 2 aromatic heterocycles. The van der Waals surface area contributed by atoms with Crippen LogP contribution in [0.1, 0.15) is 36.2 Å². The van der Waals surface area contributed by atoms with Crippen LogP contribution in [0, 0.1) is 0 Å². The van der Waals surface area contributed by atoms with E-state index < -0.39 is 0 Å². The minimum absolute atomic E-state index is 0.219. The van der Waals surface area contributed by atoms with Gasteiger partial charge in [0.2, 0.25) is 0 Å². The average Bonchev–Trinajstić information content (AvgIpc) is 3.02. The van der Waals surface area contributed by atoms with Gasteiger partial charge in [0.05, 0.1) is 21.8 Å². The molecule has 4 nitrogen and oxygen atoms in total. The van der Waals surface area contributed by atoms with Crippen molar-refractivity contribution >= 4 is 27.3 Å². The number of halogens is 1. The number of nitrogens with zero attached hydrogens (tertiary/aromatic N) is 3. The van der Waals surface area contributed by atoms with E-state index in [1.165, 1.54) is 27.9 Å². The fourth-order valence-corrected chi connectivity index (χ4v) is 3.78. The van der Waals surface area contributed by atoms with Gasteiger partial charge < -0.3 is 10.3 Å². The number of aromatic nitrogens is 2. The quantitative estimate of drug-likeness (QED) is 0.866. The van der Waals surface area contributed by atoms with Crippen molar-refractivity contribution < 1.29 is 0 Å². The molecular weight excluding hydrogens is 336 g/mol. The van der Waals surface area contributed by atoms with Crippen LogP contribution in [0.2, 0.25) is 0 Å². The molecule has 108 valence electrons. The van der Waals surface area contributed by atoms with E-state index in [1.807, 2.05) is 12.5 Å². The second kappa shape index (κ2) is 5.97. The molecule has 0 aromatic carbocycles. The predicted molar refractivity (Wildman–Crippen MR) is 85.8 cm³/mol. The first-order valence-corrected chi connectivity index (χ1v) is 8.51. The predicted octanol–water partition coefficient (Wildman–Crippen LogP) is 3.17. The number of thiophene rings is 1. The molecule has 6 heteroatoms. The highest BCUT2D eigenvalue weighted by Crippen LogP contribution is 2.37. The van der Waals surface area contributed by atoms with E-state index in [9.17, 15) is 0 Å². The van der Waals surface area contributed by atoms with Crippen molar-refractivity contribution in [1.82, 2.24) is 14.5 Å². The summed E-state index contributed by atoms with van der Waals surface area (Å²) in [5.41, 5.74) is 8.59. The van der Waals surface area contributed by atoms with Gasteiger partial charge in [-0.1, -0.05) is 0 Å². The minimum atomic E-state index is 0.219. The summed E-state index contributed by atoms with van der Waals surface area (Å²) >= 11 is 5.24. The third kappa shape index (κ3) is 2.98. The second-order valence-corrected chi connectivity index (χ2v) is 7.67. The summed E-state index contributed by atoms with van der Waals surface area (Å²) in [6.45, 7) is 1.51. The van der Waals surface area contributed by atoms with Crippen LogP contribution in [0.3, 0.4) is 0 Å². The molecule has 1 aliphatic rings. The Morgan fingerprint density at radius 1 is 1.60 bits per heavy atom. The van der Waals surface area contributed by atoms with Crippen LogP contribution in [0.15, 0.2) is 27.8 Å². The molecule has 1 fully saturated rings. The monoisotopic (exact) mass is 354 g/mol. The largest absolute Gasteiger partial charge is 0.330 e. The van der Waals surface area contributed by atoms with E-state index in [0.717, 1.165) is 6.54 Å². The maximum atomic E-state index is 6.02. The molecule has 1 atom stereocenters. The first-order valence-electron chi connectivity index (χ1n) is 6.84. The zero-order valence-corrected chi connectivity index (χ0v) is 13.9. The summed E-state index contributed by atoms with van der Waals surface area (Å²) in [5, 5.41) is 2.19. The number of imidazole rings is 1. The van der Waals surface area contributed by atoms with Crippen molar-refractivity contribution in [2.24, 2.45) is 5.73 Å². The molecule has 1 saturated carbocycles. The zero-order valence-electron chi connectivity index (χ0n) is 11.5. The number of hydrogen-bond donors (Lipinski definition) is 1. The molecule has 0 radical (unpaired) electrons. The Morgan fingerprint density at radius 2 is 2.40 bits per heavy atom. The molecular formula is C14H19BrN4S. The summed E-state index contributed by atoms with van der Waals surface area (Å²) < 4.78 is 3.48. The van der Waals surface area contributed by atoms with E-state index in [4.69, 9.17) is 5.73 Å². The van der Waals surface area contributed by atoms with Crippen molar-refractivity contribution in [3.63, 3.8) is 0 Å². The minimum Gasteiger partial charge on any atom is -0.330 e. The Bertz CT molecular complexity index is 575. The highest BCUT2D eigenvalue weighted by atomic mass is 79.9. The summed E-state index contributed by atoms with van der Waals surface area (Å²) in [4.78, 5) is 6.63. The molecule has 20 heavy (non-hydrogen) atoms. The van der Waals surface area contributed by atoms with Crippen LogP contribution < -0.4 is 5.73 Å². The van der Waals surface area contributed by atoms with Crippen LogP contribution in [0.4, 0.5) is 0 Å². The Balaban J connectivity index is 1.76. The van der Waals surface area contributed by atoms with Gasteiger partial charge >= 0.3 is 0 Å². The number of likely N-dealkylation sites (N-methyl/N-ethyl adjacent to an activating group) is 1. The first kappa shape index (κ1) is 14.3. The number of rotatable bonds is 6. The smallest absolute Gasteiger partial charge is 0.0951 e. The van der Waals surface area contributed by atoms with Crippen molar-refractivity contribution in [2.75, 3.05) is 13.6 Å². The first-order chi connectivity index (χ1) is 9.69. The summed E-state index contributed by atoms with van der Waals surface area (Å²) in [6, 6.07) is 3.04. The van der Waals surface area contributed by atoms with E-state index in [0.29, 0.717) is 12.6 Å². The van der Waals surface area contributed by atoms with Gasteiger partial charge in [-0.3, -0.25) is 4.90 Å². The van der Waals surface area contributed by atoms with Crippen LogP contribution in [0.5, 0.6) is 0 Å². The van der Waals surface area contributed by atoms with Crippen LogP contribution in [0.25, 0.3) is 0 Å². The molecule has 1 unspecified atom stereocenters. The zero-order chi connectivity index (χ0) is 14.1. The summed E-state index contributed by atoms with van der Waals surface area (Å²) in [5.74, 6) is 0. The van der Waals surface area contributed by atoms with E-state index in [2.05, 4.69) is 48.9 Å². The van der Waals surface area contributed by atoms with E-state index in [-0.39, 0.29) is 6.04 Å². The molecule has 3 rings (SSSR count). The normalized spacial score (nSPS) is 16.8. The van der Waals surface area contributed by atoms with Gasteiger partial charge in [0, 0.05) is 25.3 Å². The lowest BCUT2D eigenvalue weighted by Gasteiger charge is -2.27. The van der Waals surface area contributed by atoms with Gasteiger partial charge in [-0.05, 0) is 52.8 Å². The lowest BCUT2D eigenvalue weighted by molar-refractivity contribution is 0.232. The van der Waals surface area contributed by atoms with Crippen molar-refractivity contribution in [1.29, 1.82) is 0 Å². The molecule has 0 amide bonds. The number of hydrogen-bond acceptors (Lipinski definition) is 4. The molecule has 1 aliphatic carbocycles. The third-order valence-corrected chi connectivity index (χ3v) is 5.34. The maximum Gasteiger partial charge on any atom is 0.0951 e. The Hall–Kier alpha value is -0.690. The van der Waals surface area contributed by atoms with Crippen molar-refractivity contribution in [3.05, 3.63) is 39.0 Å². The van der Waals surface area contributed by atoms with Gasteiger partial charge in [-0.25, -0.2) is 4.98 Å². The SMILES string of the molecule is CN(Cc1csc(Br)c1)C(CN)c1cncn1C1CC1. The Morgan fingerprint density at radius 3 is 3.00 bits per heavy atom. The van der Waals surface area contributed by atoms with Crippen LogP contribution in [-0.2, 0) is 6.54 Å². The molecule has 2 heterocycles. The van der Waals surface area contributed by atoms with E-state index in [1.54, 1.807) is 11.3 Å². The highest BCUT2D eigenvalue weighted by molar-refractivity contribution is 9.11. The molecule has 2 N–H and O–H groups in total. The lowest BCUT2D eigenvalue weighted by atomic mass is 10.1. The summed E-state index contributed by atoms with van der Waals surface area (Å²) in [6.07, 6.45) is 6.45. The molecule has 2 aromatic rings. The Labute approximate surface area is 131 Å². The van der Waals surface area contributed by atoms with Gasteiger partial charge in [0.25, 0.3) is 0 Å². The van der Waals surface area contributed by atoms with Gasteiger partial charge in [0.15, 0.2) is 0 Å². The van der Waals surface area contributed by atoms with Gasteiger partial charge in [-0.2, -0.15) is 0 Å². The average molecular weight is 355 g/mol. The summed E-state index contributed by atoms with van der Waals surface area (Å²) in [7, 11) is 2.13. The van der Waals surface area contributed by atoms with Crippen LogP contribution >= 0.6 is 27.3 Å². The highest BCUT2D eigenvalue weighted by Gasteiger charge is 2.29. The molecule has 0 aliphatic heterocycles. The van der Waals surface area contributed by atoms with Gasteiger partial charge in [0.1, 0.15) is 0 Å². The Kier molecular flexibility index (Phi) is 4.26. The second-order valence-electron chi connectivity index (χ2n) is 5.38. The topological polar surface area (TPSA) is 47.1 Å². The van der Waals surface area contributed by atoms with Crippen LogP contribution in [-0.4, -0.2) is 28.0 Å². The maximum absolute atomic E-state index is 6.02. The fraction of sp³-hybridized carbons (Fsp3) is 0.500.